The molecule has 0 saturated carbocycles. The summed E-state index contributed by atoms with van der Waals surface area (Å²) in [6, 6.07) is 6.61. The van der Waals surface area contributed by atoms with E-state index >= 15 is 0 Å². The van der Waals surface area contributed by atoms with Crippen molar-refractivity contribution >= 4 is 33.2 Å². The number of hydrogen-bond acceptors (Lipinski definition) is 3. The van der Waals surface area contributed by atoms with Gasteiger partial charge in [-0.3, -0.25) is 4.79 Å². The molecule has 0 aliphatic carbocycles. The molecule has 1 amide bonds. The molecule has 2 aromatic rings. The molecule has 0 aliphatic heterocycles. The summed E-state index contributed by atoms with van der Waals surface area (Å²) in [4.78, 5) is 18.5. The minimum Gasteiger partial charge on any atom is -0.334 e. The fraction of sp³-hybridized carbons (Fsp3) is 0.231. The lowest BCUT2D eigenvalue weighted by atomic mass is 10.2. The molecule has 0 unspecified atom stereocenters. The van der Waals surface area contributed by atoms with E-state index in [0.717, 1.165) is 14.7 Å². The number of hydrogen-bond donors (Lipinski definition) is 0. The summed E-state index contributed by atoms with van der Waals surface area (Å²) in [7, 11) is 0. The van der Waals surface area contributed by atoms with Gasteiger partial charge in [0.2, 0.25) is 5.95 Å². The summed E-state index contributed by atoms with van der Waals surface area (Å²) in [5.41, 5.74) is 0.324. The van der Waals surface area contributed by atoms with Crippen molar-refractivity contribution in [3.63, 3.8) is 0 Å². The van der Waals surface area contributed by atoms with Crippen molar-refractivity contribution in [2.75, 3.05) is 6.54 Å². The van der Waals surface area contributed by atoms with Crippen LogP contribution in [0.3, 0.4) is 0 Å². The quantitative estimate of drug-likeness (QED) is 0.793. The Bertz CT molecular complexity index is 588. The molecule has 0 atom stereocenters. The van der Waals surface area contributed by atoms with Crippen molar-refractivity contribution in [3.05, 3.63) is 50.6 Å². The molecule has 2 aromatic heterocycles. The van der Waals surface area contributed by atoms with Crippen LogP contribution in [-0.2, 0) is 6.54 Å². The molecule has 0 spiro atoms. The monoisotopic (exact) mass is 342 g/mol. The second-order valence-corrected chi connectivity index (χ2v) is 6.44. The topological polar surface area (TPSA) is 33.2 Å². The summed E-state index contributed by atoms with van der Waals surface area (Å²) >= 11 is 4.98. The largest absolute Gasteiger partial charge is 0.334 e. The van der Waals surface area contributed by atoms with E-state index in [1.165, 1.54) is 12.3 Å². The van der Waals surface area contributed by atoms with Crippen LogP contribution in [0.15, 0.2) is 34.2 Å². The van der Waals surface area contributed by atoms with E-state index in [4.69, 9.17) is 0 Å². The number of rotatable bonds is 4. The van der Waals surface area contributed by atoms with Crippen LogP contribution >= 0.6 is 27.3 Å². The molecule has 0 N–H and O–H groups in total. The molecule has 3 nitrogen and oxygen atoms in total. The number of carbonyl (C=O) groups excluding carboxylic acids is 1. The number of amides is 1. The normalized spacial score (nSPS) is 10.5. The van der Waals surface area contributed by atoms with E-state index < -0.39 is 5.95 Å². The third kappa shape index (κ3) is 3.61. The molecule has 0 fully saturated rings. The molecule has 0 radical (unpaired) electrons. The van der Waals surface area contributed by atoms with Gasteiger partial charge in [-0.2, -0.15) is 4.39 Å². The fourth-order valence-corrected chi connectivity index (χ4v) is 3.17. The zero-order chi connectivity index (χ0) is 13.8. The lowest BCUT2D eigenvalue weighted by Crippen LogP contribution is -2.30. The number of pyridine rings is 1. The highest BCUT2D eigenvalue weighted by atomic mass is 79.9. The first-order chi connectivity index (χ1) is 9.10. The van der Waals surface area contributed by atoms with Gasteiger partial charge in [0.05, 0.1) is 10.3 Å². The molecule has 19 heavy (non-hydrogen) atoms. The smallest absolute Gasteiger partial charge is 0.254 e. The van der Waals surface area contributed by atoms with E-state index in [1.54, 1.807) is 16.2 Å². The van der Waals surface area contributed by atoms with Crippen LogP contribution in [0.2, 0.25) is 0 Å². The Labute approximate surface area is 123 Å². The minimum absolute atomic E-state index is 0.187. The second-order valence-electron chi connectivity index (χ2n) is 3.89. The lowest BCUT2D eigenvalue weighted by Gasteiger charge is -2.20. The molecular weight excluding hydrogens is 331 g/mol. The number of nitrogens with zero attached hydrogens (tertiary/aromatic N) is 2. The van der Waals surface area contributed by atoms with Crippen molar-refractivity contribution in [1.82, 2.24) is 9.88 Å². The first-order valence-electron chi connectivity index (χ1n) is 5.75. The molecule has 2 heterocycles. The summed E-state index contributed by atoms with van der Waals surface area (Å²) in [5.74, 6) is -0.825. The van der Waals surface area contributed by atoms with Crippen LogP contribution in [0.1, 0.15) is 22.2 Å². The molecule has 0 aliphatic rings. The highest BCUT2D eigenvalue weighted by Gasteiger charge is 2.16. The molecule has 100 valence electrons. The van der Waals surface area contributed by atoms with Crippen molar-refractivity contribution < 1.29 is 9.18 Å². The van der Waals surface area contributed by atoms with E-state index in [9.17, 15) is 9.18 Å². The number of carbonyl (C=O) groups is 1. The molecule has 0 saturated heterocycles. The van der Waals surface area contributed by atoms with E-state index in [-0.39, 0.29) is 5.91 Å². The standard InChI is InChI=1S/C13H12BrFN2OS/c1-2-17(8-10-3-4-11(14)19-10)13(18)9-5-6-16-12(15)7-9/h3-7H,2,8H2,1H3. The van der Waals surface area contributed by atoms with Gasteiger partial charge in [0.15, 0.2) is 0 Å². The Morgan fingerprint density at radius 2 is 2.26 bits per heavy atom. The molecule has 0 bridgehead atoms. The Hall–Kier alpha value is -1.27. The van der Waals surface area contributed by atoms with Crippen LogP contribution in [0, 0.1) is 5.95 Å². The van der Waals surface area contributed by atoms with Gasteiger partial charge in [-0.05, 0) is 41.1 Å². The number of aromatic nitrogens is 1. The Kier molecular flexibility index (Phi) is 4.66. The van der Waals surface area contributed by atoms with Crippen LogP contribution in [0.4, 0.5) is 4.39 Å². The number of thiophene rings is 1. The fourth-order valence-electron chi connectivity index (χ4n) is 1.67. The van der Waals surface area contributed by atoms with E-state index in [2.05, 4.69) is 20.9 Å². The van der Waals surface area contributed by atoms with Gasteiger partial charge in [0.25, 0.3) is 5.91 Å². The van der Waals surface area contributed by atoms with Crippen LogP contribution in [-0.4, -0.2) is 22.3 Å². The van der Waals surface area contributed by atoms with Gasteiger partial charge < -0.3 is 4.90 Å². The average Bonchev–Trinajstić information content (AvgIpc) is 2.81. The van der Waals surface area contributed by atoms with Gasteiger partial charge in [-0.15, -0.1) is 11.3 Å². The summed E-state index contributed by atoms with van der Waals surface area (Å²) in [6.07, 6.45) is 1.30. The minimum atomic E-state index is -0.638. The Morgan fingerprint density at radius 1 is 1.47 bits per heavy atom. The van der Waals surface area contributed by atoms with Gasteiger partial charge in [-0.1, -0.05) is 0 Å². The van der Waals surface area contributed by atoms with E-state index in [0.29, 0.717) is 18.7 Å². The maximum atomic E-state index is 13.0. The Balaban J connectivity index is 2.15. The van der Waals surface area contributed by atoms with Crippen molar-refractivity contribution in [2.24, 2.45) is 0 Å². The molecule has 0 aromatic carbocycles. The summed E-state index contributed by atoms with van der Waals surface area (Å²) in [5, 5.41) is 0. The lowest BCUT2D eigenvalue weighted by molar-refractivity contribution is 0.0753. The SMILES string of the molecule is CCN(Cc1ccc(Br)s1)C(=O)c1ccnc(F)c1. The molecule has 6 heteroatoms. The highest BCUT2D eigenvalue weighted by molar-refractivity contribution is 9.11. The van der Waals surface area contributed by atoms with Crippen molar-refractivity contribution in [2.45, 2.75) is 13.5 Å². The van der Waals surface area contributed by atoms with Crippen molar-refractivity contribution in [1.29, 1.82) is 0 Å². The average molecular weight is 343 g/mol. The van der Waals surface area contributed by atoms with Crippen LogP contribution in [0.25, 0.3) is 0 Å². The van der Waals surface area contributed by atoms with Gasteiger partial charge in [0.1, 0.15) is 0 Å². The predicted molar refractivity (Wildman–Crippen MR) is 76.6 cm³/mol. The summed E-state index contributed by atoms with van der Waals surface area (Å²) in [6.45, 7) is 2.99. The van der Waals surface area contributed by atoms with Gasteiger partial charge in [0, 0.05) is 29.2 Å². The summed E-state index contributed by atoms with van der Waals surface area (Å²) < 4.78 is 14.1. The molecule has 2 rings (SSSR count). The van der Waals surface area contributed by atoms with Gasteiger partial charge in [-0.25, -0.2) is 4.98 Å². The van der Waals surface area contributed by atoms with Gasteiger partial charge >= 0.3 is 0 Å². The maximum absolute atomic E-state index is 13.0. The number of halogens is 2. The zero-order valence-corrected chi connectivity index (χ0v) is 12.7. The first kappa shape index (κ1) is 14.1. The molecular formula is C13H12BrFN2OS. The third-order valence-corrected chi connectivity index (χ3v) is 4.23. The van der Waals surface area contributed by atoms with Crippen molar-refractivity contribution in [3.8, 4) is 0 Å². The highest BCUT2D eigenvalue weighted by Crippen LogP contribution is 2.23. The van der Waals surface area contributed by atoms with Crippen LogP contribution in [0.5, 0.6) is 0 Å². The Morgan fingerprint density at radius 3 is 2.84 bits per heavy atom. The third-order valence-electron chi connectivity index (χ3n) is 2.62. The first-order valence-corrected chi connectivity index (χ1v) is 7.36. The van der Waals surface area contributed by atoms with Crippen LogP contribution < -0.4 is 0 Å². The predicted octanol–water partition coefficient (Wildman–Crippen LogP) is 3.71. The maximum Gasteiger partial charge on any atom is 0.254 e. The van der Waals surface area contributed by atoms with E-state index in [1.807, 2.05) is 19.1 Å². The second kappa shape index (κ2) is 6.25. The zero-order valence-electron chi connectivity index (χ0n) is 10.3.